The Bertz CT molecular complexity index is 1850. The van der Waals surface area contributed by atoms with Crippen LogP contribution in [0.5, 0.6) is 11.5 Å². The molecule has 42 heavy (non-hydrogen) atoms. The van der Waals surface area contributed by atoms with Crippen LogP contribution in [0, 0.1) is 23.7 Å². The van der Waals surface area contributed by atoms with Crippen LogP contribution < -0.4 is 26.4 Å². The van der Waals surface area contributed by atoms with Crippen molar-refractivity contribution >= 4 is 28.6 Å². The molecule has 5 N–H and O–H groups in total. The molecule has 0 aliphatic heterocycles. The van der Waals surface area contributed by atoms with Crippen molar-refractivity contribution in [1.29, 1.82) is 0 Å². The Labute approximate surface area is 242 Å². The van der Waals surface area contributed by atoms with Gasteiger partial charge in [0.25, 0.3) is 0 Å². The summed E-state index contributed by atoms with van der Waals surface area (Å²) >= 11 is 0. The highest BCUT2D eigenvalue weighted by Crippen LogP contribution is 2.51. The zero-order valence-corrected chi connectivity index (χ0v) is 23.4. The summed E-state index contributed by atoms with van der Waals surface area (Å²) in [4.78, 5) is 33.1. The number of fused-ring (bicyclic) bond motifs is 3. The van der Waals surface area contributed by atoms with E-state index in [2.05, 4.69) is 21.8 Å². The Morgan fingerprint density at radius 3 is 2.62 bits per heavy atom. The number of pyridine rings is 1. The van der Waals surface area contributed by atoms with Crippen LogP contribution in [0.15, 0.2) is 47.5 Å². The summed E-state index contributed by atoms with van der Waals surface area (Å²) in [5.74, 6) is 7.75. The van der Waals surface area contributed by atoms with Gasteiger partial charge in [-0.1, -0.05) is 18.3 Å². The van der Waals surface area contributed by atoms with E-state index in [1.807, 2.05) is 22.8 Å². The maximum absolute atomic E-state index is 13.1. The molecule has 214 valence electrons. The lowest BCUT2D eigenvalue weighted by atomic mass is 9.94. The molecule has 10 nitrogen and oxygen atoms in total. The third-order valence-electron chi connectivity index (χ3n) is 8.51. The molecule has 0 amide bonds. The summed E-state index contributed by atoms with van der Waals surface area (Å²) in [7, 11) is 3.11. The number of carboxylic acids is 1. The third kappa shape index (κ3) is 4.87. The monoisotopic (exact) mass is 565 g/mol. The standard InChI is InChI=1S/C32H31N5O5/c1-41-27-14-19(11-22-15-35-32(34)36-30(22)33)10-21(29(27)42-2)7-3-17-5-8-23-26(12-17)37(16-24(28(23)38)31(39)40)25-13-18-4-6-20(25)9-18/h5,8,10,12,14-16,18,20,25H,4,6,9,11,13H2,1-2H3,(H,39,40)(H4,33,34,35,36). The molecule has 2 aromatic carbocycles. The van der Waals surface area contributed by atoms with Gasteiger partial charge in [0.05, 0.1) is 25.3 Å². The number of carboxylic acid groups (broad SMARTS) is 1. The molecule has 2 fully saturated rings. The average molecular weight is 566 g/mol. The number of hydrogen-bond acceptors (Lipinski definition) is 8. The number of nitrogens with two attached hydrogens (primary N) is 2. The highest BCUT2D eigenvalue weighted by Gasteiger charge is 2.41. The second-order valence-electron chi connectivity index (χ2n) is 11.0. The van der Waals surface area contributed by atoms with Gasteiger partial charge in [0.2, 0.25) is 11.4 Å². The molecule has 4 aromatic rings. The highest BCUT2D eigenvalue weighted by molar-refractivity contribution is 5.93. The number of methoxy groups -OCH3 is 2. The predicted molar refractivity (Wildman–Crippen MR) is 159 cm³/mol. The normalized spacial score (nSPS) is 19.0. The fourth-order valence-electron chi connectivity index (χ4n) is 6.55. The van der Waals surface area contributed by atoms with Gasteiger partial charge in [0.15, 0.2) is 11.5 Å². The van der Waals surface area contributed by atoms with Crippen molar-refractivity contribution in [3.05, 3.63) is 80.8 Å². The van der Waals surface area contributed by atoms with Crippen molar-refractivity contribution in [3.63, 3.8) is 0 Å². The smallest absolute Gasteiger partial charge is 0.341 e. The molecule has 2 aromatic heterocycles. The lowest BCUT2D eigenvalue weighted by Crippen LogP contribution is -2.23. The Hall–Kier alpha value is -5.04. The number of nitrogens with zero attached hydrogens (tertiary/aromatic N) is 3. The molecule has 0 radical (unpaired) electrons. The van der Waals surface area contributed by atoms with Gasteiger partial charge in [-0.05, 0) is 67.0 Å². The van der Waals surface area contributed by atoms with Gasteiger partial charge < -0.3 is 30.6 Å². The summed E-state index contributed by atoms with van der Waals surface area (Å²) in [5.41, 5.74) is 14.6. The number of carbonyl (C=O) groups is 1. The number of aromatic carboxylic acids is 1. The Kier molecular flexibility index (Phi) is 6.94. The molecule has 2 bridgehead atoms. The molecule has 10 heteroatoms. The maximum Gasteiger partial charge on any atom is 0.341 e. The number of aromatic nitrogens is 3. The van der Waals surface area contributed by atoms with E-state index in [1.54, 1.807) is 32.5 Å². The molecule has 2 heterocycles. The number of nitrogen functional groups attached to an aromatic ring is 2. The maximum atomic E-state index is 13.1. The quantitative estimate of drug-likeness (QED) is 0.294. The molecular weight excluding hydrogens is 534 g/mol. The Morgan fingerprint density at radius 2 is 1.95 bits per heavy atom. The molecule has 2 aliphatic carbocycles. The van der Waals surface area contributed by atoms with Crippen LogP contribution in [0.2, 0.25) is 0 Å². The van der Waals surface area contributed by atoms with Crippen LogP contribution in [0.1, 0.15) is 64.3 Å². The van der Waals surface area contributed by atoms with Crippen LogP contribution >= 0.6 is 0 Å². The van der Waals surface area contributed by atoms with Gasteiger partial charge in [-0.15, -0.1) is 0 Å². The van der Waals surface area contributed by atoms with E-state index < -0.39 is 11.4 Å². The largest absolute Gasteiger partial charge is 0.493 e. The van der Waals surface area contributed by atoms with Crippen LogP contribution in [-0.2, 0) is 6.42 Å². The molecule has 6 rings (SSSR count). The summed E-state index contributed by atoms with van der Waals surface area (Å²) < 4.78 is 13.2. The summed E-state index contributed by atoms with van der Waals surface area (Å²) in [5, 5.41) is 10.1. The van der Waals surface area contributed by atoms with E-state index in [0.717, 1.165) is 24.8 Å². The fourth-order valence-corrected chi connectivity index (χ4v) is 6.55. The summed E-state index contributed by atoms with van der Waals surface area (Å²) in [6.07, 6.45) is 8.02. The number of anilines is 2. The topological polar surface area (TPSA) is 156 Å². The minimum Gasteiger partial charge on any atom is -0.493 e. The summed E-state index contributed by atoms with van der Waals surface area (Å²) in [6.45, 7) is 0. The molecule has 0 spiro atoms. The second kappa shape index (κ2) is 10.7. The lowest BCUT2D eigenvalue weighted by Gasteiger charge is -2.27. The number of hydrogen-bond donors (Lipinski definition) is 3. The first-order valence-electron chi connectivity index (χ1n) is 13.8. The van der Waals surface area contributed by atoms with Crippen molar-refractivity contribution in [1.82, 2.24) is 14.5 Å². The number of benzene rings is 2. The molecule has 3 atom stereocenters. The van der Waals surface area contributed by atoms with Crippen molar-refractivity contribution in [3.8, 4) is 23.3 Å². The molecule has 3 unspecified atom stereocenters. The van der Waals surface area contributed by atoms with Crippen LogP contribution in [0.4, 0.5) is 11.8 Å². The van der Waals surface area contributed by atoms with E-state index in [4.69, 9.17) is 20.9 Å². The zero-order chi connectivity index (χ0) is 29.5. The van der Waals surface area contributed by atoms with Crippen LogP contribution in [-0.4, -0.2) is 39.8 Å². The first-order valence-corrected chi connectivity index (χ1v) is 13.8. The predicted octanol–water partition coefficient (Wildman–Crippen LogP) is 4.02. The van der Waals surface area contributed by atoms with Gasteiger partial charge >= 0.3 is 5.97 Å². The van der Waals surface area contributed by atoms with E-state index in [-0.39, 0.29) is 17.6 Å². The number of ether oxygens (including phenoxy) is 2. The molecule has 2 saturated carbocycles. The van der Waals surface area contributed by atoms with Crippen LogP contribution in [0.25, 0.3) is 10.9 Å². The fraction of sp³-hybridized carbons (Fsp3) is 0.312. The van der Waals surface area contributed by atoms with Crippen molar-refractivity contribution in [2.45, 2.75) is 38.1 Å². The first kappa shape index (κ1) is 27.1. The number of rotatable bonds is 6. The van der Waals surface area contributed by atoms with Crippen molar-refractivity contribution in [2.75, 3.05) is 25.7 Å². The SMILES string of the molecule is COc1cc(Cc2cnc(N)nc2N)cc(C#Cc2ccc3c(=O)c(C(=O)O)cn(C4CC5CCC4C5)c3c2)c1OC. The van der Waals surface area contributed by atoms with E-state index in [0.29, 0.717) is 63.2 Å². The van der Waals surface area contributed by atoms with E-state index in [1.165, 1.54) is 12.6 Å². The van der Waals surface area contributed by atoms with E-state index >= 15 is 0 Å². The van der Waals surface area contributed by atoms with Crippen molar-refractivity contribution < 1.29 is 19.4 Å². The highest BCUT2D eigenvalue weighted by atomic mass is 16.5. The minimum atomic E-state index is -1.21. The molecular formula is C32H31N5O5. The second-order valence-corrected chi connectivity index (χ2v) is 11.0. The van der Waals surface area contributed by atoms with Gasteiger partial charge in [-0.3, -0.25) is 4.79 Å². The first-order chi connectivity index (χ1) is 20.2. The van der Waals surface area contributed by atoms with E-state index in [9.17, 15) is 14.7 Å². The third-order valence-corrected chi connectivity index (χ3v) is 8.51. The van der Waals surface area contributed by atoms with Crippen molar-refractivity contribution in [2.24, 2.45) is 11.8 Å². The van der Waals surface area contributed by atoms with Gasteiger partial charge in [0, 0.05) is 41.4 Å². The molecule has 2 aliphatic rings. The van der Waals surface area contributed by atoms with Crippen LogP contribution in [0.3, 0.4) is 0 Å². The molecule has 0 saturated heterocycles. The van der Waals surface area contributed by atoms with Gasteiger partial charge in [0.1, 0.15) is 11.4 Å². The average Bonchev–Trinajstić information content (AvgIpc) is 3.61. The minimum absolute atomic E-state index is 0.107. The lowest BCUT2D eigenvalue weighted by molar-refractivity contribution is 0.0694. The zero-order valence-electron chi connectivity index (χ0n) is 23.4. The van der Waals surface area contributed by atoms with Gasteiger partial charge in [-0.25, -0.2) is 9.78 Å². The Balaban J connectivity index is 1.43. The summed E-state index contributed by atoms with van der Waals surface area (Å²) in [6, 6.07) is 9.21. The Morgan fingerprint density at radius 1 is 1.12 bits per heavy atom. The van der Waals surface area contributed by atoms with Gasteiger partial charge in [-0.2, -0.15) is 4.98 Å².